The average Bonchev–Trinajstić information content (AvgIpc) is 3.71. The summed E-state index contributed by atoms with van der Waals surface area (Å²) in [6.45, 7) is 8.83. The van der Waals surface area contributed by atoms with Crippen LogP contribution in [0, 0.1) is 5.92 Å². The normalized spacial score (nSPS) is 26.5. The van der Waals surface area contributed by atoms with Gasteiger partial charge >= 0.3 is 6.09 Å². The molecule has 5 rings (SSSR count). The molecule has 3 heterocycles. The molecule has 0 radical (unpaired) electrons. The molecular formula is C32H44N2O6Si. The van der Waals surface area contributed by atoms with Gasteiger partial charge in [0, 0.05) is 12.2 Å². The first-order valence-corrected chi connectivity index (χ1v) is 18.0. The molecule has 5 atom stereocenters. The Morgan fingerprint density at radius 2 is 1.80 bits per heavy atom. The summed E-state index contributed by atoms with van der Waals surface area (Å²) < 4.78 is 17.3. The predicted octanol–water partition coefficient (Wildman–Crippen LogP) is 4.35. The van der Waals surface area contributed by atoms with Crippen LogP contribution < -0.4 is 14.8 Å². The van der Waals surface area contributed by atoms with Crippen LogP contribution in [0.25, 0.3) is 0 Å². The van der Waals surface area contributed by atoms with Crippen LogP contribution in [0.4, 0.5) is 10.5 Å². The molecule has 3 fully saturated rings. The second kappa shape index (κ2) is 12.5. The molecule has 0 spiro atoms. The van der Waals surface area contributed by atoms with E-state index in [4.69, 9.17) is 14.2 Å². The van der Waals surface area contributed by atoms with E-state index in [0.29, 0.717) is 32.0 Å². The summed E-state index contributed by atoms with van der Waals surface area (Å²) in [4.78, 5) is 29.0. The Morgan fingerprint density at radius 3 is 2.44 bits per heavy atom. The molecule has 0 saturated carbocycles. The lowest BCUT2D eigenvalue weighted by molar-refractivity contribution is -0.135. The summed E-state index contributed by atoms with van der Waals surface area (Å²) >= 11 is 0. The molecule has 41 heavy (non-hydrogen) atoms. The molecule has 0 aliphatic carbocycles. The molecule has 222 valence electrons. The first kappa shape index (κ1) is 29.6. The zero-order valence-electron chi connectivity index (χ0n) is 24.8. The Morgan fingerprint density at radius 1 is 1.07 bits per heavy atom. The third-order valence-corrected chi connectivity index (χ3v) is 14.0. The first-order valence-electron chi connectivity index (χ1n) is 15.0. The summed E-state index contributed by atoms with van der Waals surface area (Å²) in [6, 6.07) is 16.5. The number of nitrogens with zero attached hydrogens (tertiary/aromatic N) is 2. The lowest BCUT2D eigenvalue weighted by Crippen LogP contribution is -2.51. The van der Waals surface area contributed by atoms with Gasteiger partial charge in [-0.2, -0.15) is 0 Å². The average molecular weight is 581 g/mol. The zero-order valence-corrected chi connectivity index (χ0v) is 25.8. The highest BCUT2D eigenvalue weighted by molar-refractivity contribution is 6.91. The summed E-state index contributed by atoms with van der Waals surface area (Å²) in [6.07, 6.45) is 3.47. The number of aliphatic hydroxyl groups is 1. The number of methoxy groups -OCH3 is 1. The number of aryl methyl sites for hydroxylation is 1. The van der Waals surface area contributed by atoms with Crippen LogP contribution in [-0.2, 0) is 20.7 Å². The Kier molecular flexibility index (Phi) is 9.06. The van der Waals surface area contributed by atoms with E-state index in [1.165, 1.54) is 10.8 Å². The van der Waals surface area contributed by atoms with Crippen molar-refractivity contribution >= 4 is 30.9 Å². The molecule has 1 N–H and O–H groups in total. The lowest BCUT2D eigenvalue weighted by Gasteiger charge is -2.36. The Bertz CT molecular complexity index is 1200. The van der Waals surface area contributed by atoms with Crippen molar-refractivity contribution in [3.8, 4) is 5.75 Å². The topological polar surface area (TPSA) is 88.5 Å². The van der Waals surface area contributed by atoms with Gasteiger partial charge < -0.3 is 24.2 Å². The number of ether oxygens (including phenoxy) is 3. The number of likely N-dealkylation sites (tertiary alicyclic amines) is 1. The standard InChI is InChI=1S/C32H44N2O6Si/c1-22-28(16-9-23-7-10-24(11-8-23)34-18-19-39-32(34)37)40-29(20-30(36)33-17-5-6-25(33)21-35)31(22)41(3,4)27-14-12-26(38-2)13-15-27/h7-8,10-15,22,25,28-29,31,35H,5-6,9,16-21H2,1-4H3/t22-,25+,28+,29-,31+/m1/s1. The Labute approximate surface area is 244 Å². The molecule has 0 aromatic heterocycles. The van der Waals surface area contributed by atoms with Crippen LogP contribution in [-0.4, -0.2) is 81.7 Å². The van der Waals surface area contributed by atoms with Gasteiger partial charge in [-0.3, -0.25) is 9.69 Å². The van der Waals surface area contributed by atoms with Crippen molar-refractivity contribution in [1.82, 2.24) is 4.90 Å². The molecule has 0 unspecified atom stereocenters. The van der Waals surface area contributed by atoms with Crippen LogP contribution in [0.3, 0.4) is 0 Å². The van der Waals surface area contributed by atoms with E-state index >= 15 is 0 Å². The smallest absolute Gasteiger partial charge is 0.414 e. The van der Waals surface area contributed by atoms with Gasteiger partial charge in [0.1, 0.15) is 12.4 Å². The first-order chi connectivity index (χ1) is 19.7. The fraction of sp³-hybridized carbons (Fsp3) is 0.562. The van der Waals surface area contributed by atoms with Crippen molar-refractivity contribution in [3.05, 3.63) is 54.1 Å². The van der Waals surface area contributed by atoms with E-state index in [2.05, 4.69) is 44.3 Å². The molecule has 3 saturated heterocycles. The summed E-state index contributed by atoms with van der Waals surface area (Å²) in [5.74, 6) is 1.23. The van der Waals surface area contributed by atoms with E-state index in [1.807, 2.05) is 29.2 Å². The van der Waals surface area contributed by atoms with E-state index in [0.717, 1.165) is 37.1 Å². The third kappa shape index (κ3) is 6.17. The number of carbonyl (C=O) groups excluding carboxylic acids is 2. The predicted molar refractivity (Wildman–Crippen MR) is 162 cm³/mol. The van der Waals surface area contributed by atoms with Crippen molar-refractivity contribution in [1.29, 1.82) is 0 Å². The zero-order chi connectivity index (χ0) is 29.1. The number of hydrogen-bond donors (Lipinski definition) is 1. The summed E-state index contributed by atoms with van der Waals surface area (Å²) in [5, 5.41) is 11.2. The maximum absolute atomic E-state index is 13.5. The number of aliphatic hydroxyl groups excluding tert-OH is 1. The SMILES string of the molecule is COc1ccc([Si](C)(C)[C@H]2[C@H](C)[C@H](CCc3ccc(N4CCOC4=O)cc3)O[C@@H]2CC(=O)N2CCC[C@H]2CO)cc1. The number of anilines is 1. The molecular weight excluding hydrogens is 536 g/mol. The molecule has 3 aliphatic rings. The van der Waals surface area contributed by atoms with E-state index < -0.39 is 8.07 Å². The van der Waals surface area contributed by atoms with Gasteiger partial charge in [0.2, 0.25) is 5.91 Å². The second-order valence-corrected chi connectivity index (χ2v) is 17.0. The van der Waals surface area contributed by atoms with Gasteiger partial charge in [-0.05, 0) is 67.0 Å². The van der Waals surface area contributed by atoms with Crippen LogP contribution in [0.15, 0.2) is 48.5 Å². The number of carbonyl (C=O) groups is 2. The van der Waals surface area contributed by atoms with Gasteiger partial charge in [-0.1, -0.05) is 49.5 Å². The van der Waals surface area contributed by atoms with Gasteiger partial charge in [0.05, 0.1) is 53.0 Å². The minimum Gasteiger partial charge on any atom is -0.497 e. The summed E-state index contributed by atoms with van der Waals surface area (Å²) in [7, 11) is -0.386. The molecule has 0 bridgehead atoms. The van der Waals surface area contributed by atoms with Crippen LogP contribution in [0.2, 0.25) is 18.6 Å². The highest BCUT2D eigenvalue weighted by Crippen LogP contribution is 2.46. The number of amides is 2. The number of benzene rings is 2. The molecule has 8 nitrogen and oxygen atoms in total. The second-order valence-electron chi connectivity index (χ2n) is 12.3. The Hall–Kier alpha value is -2.88. The third-order valence-electron chi connectivity index (χ3n) is 9.58. The maximum Gasteiger partial charge on any atom is 0.414 e. The molecule has 2 aromatic rings. The molecule has 2 amide bonds. The van der Waals surface area contributed by atoms with Gasteiger partial charge in [0.15, 0.2) is 0 Å². The number of hydrogen-bond acceptors (Lipinski definition) is 6. The van der Waals surface area contributed by atoms with Gasteiger partial charge in [0.25, 0.3) is 0 Å². The van der Waals surface area contributed by atoms with Gasteiger partial charge in [-0.25, -0.2) is 4.79 Å². The Balaban J connectivity index is 1.32. The van der Waals surface area contributed by atoms with Crippen molar-refractivity contribution in [2.45, 2.75) is 75.9 Å². The number of cyclic esters (lactones) is 1. The molecule has 3 aliphatic heterocycles. The molecule has 2 aromatic carbocycles. The van der Waals surface area contributed by atoms with E-state index in [9.17, 15) is 14.7 Å². The van der Waals surface area contributed by atoms with Crippen LogP contribution >= 0.6 is 0 Å². The van der Waals surface area contributed by atoms with Gasteiger partial charge in [-0.15, -0.1) is 0 Å². The van der Waals surface area contributed by atoms with Crippen molar-refractivity contribution in [3.63, 3.8) is 0 Å². The lowest BCUT2D eigenvalue weighted by atomic mass is 9.95. The minimum absolute atomic E-state index is 0.0174. The van der Waals surface area contributed by atoms with E-state index in [1.54, 1.807) is 12.0 Å². The van der Waals surface area contributed by atoms with Crippen molar-refractivity contribution < 1.29 is 28.9 Å². The summed E-state index contributed by atoms with van der Waals surface area (Å²) in [5.41, 5.74) is 2.32. The highest BCUT2D eigenvalue weighted by atomic mass is 28.3. The van der Waals surface area contributed by atoms with Crippen molar-refractivity contribution in [2.24, 2.45) is 5.92 Å². The quantitative estimate of drug-likeness (QED) is 0.421. The maximum atomic E-state index is 13.5. The van der Waals surface area contributed by atoms with E-state index in [-0.39, 0.29) is 42.4 Å². The fourth-order valence-corrected chi connectivity index (χ4v) is 11.3. The van der Waals surface area contributed by atoms with Crippen molar-refractivity contribution in [2.75, 3.05) is 38.3 Å². The van der Waals surface area contributed by atoms with Crippen LogP contribution in [0.1, 0.15) is 38.2 Å². The monoisotopic (exact) mass is 580 g/mol. The number of rotatable bonds is 10. The molecule has 9 heteroatoms. The largest absolute Gasteiger partial charge is 0.497 e. The fourth-order valence-electron chi connectivity index (χ4n) is 7.27. The van der Waals surface area contributed by atoms with Crippen LogP contribution in [0.5, 0.6) is 5.75 Å². The minimum atomic E-state index is -2.07. The highest BCUT2D eigenvalue weighted by Gasteiger charge is 2.51.